The molecule has 24 heavy (non-hydrogen) atoms. The average Bonchev–Trinajstić information content (AvgIpc) is 3.24. The minimum absolute atomic E-state index is 0.182. The van der Waals surface area contributed by atoms with Gasteiger partial charge in [0.1, 0.15) is 11.6 Å². The molecule has 0 atom stereocenters. The van der Waals surface area contributed by atoms with Crippen LogP contribution in [0.4, 0.5) is 8.78 Å². The van der Waals surface area contributed by atoms with Crippen LogP contribution >= 0.6 is 11.3 Å². The molecular weight excluding hydrogens is 332 g/mol. The summed E-state index contributed by atoms with van der Waals surface area (Å²) in [7, 11) is 0. The summed E-state index contributed by atoms with van der Waals surface area (Å²) < 4.78 is 28.6. The molecule has 3 heterocycles. The Hall–Kier alpha value is -2.93. The largest absolute Gasteiger partial charge is 0.287 e. The standard InChI is InChI=1S/C17H9F2N3OS/c18-10-3-4-11(13(19)8-10)14-5-6-20-17-12(9-21-22(14)17)16(23)15-2-1-7-24-15/h1-9H. The molecule has 7 heteroatoms. The summed E-state index contributed by atoms with van der Waals surface area (Å²) in [6, 6.07) is 8.39. The fourth-order valence-corrected chi connectivity index (χ4v) is 3.17. The third kappa shape index (κ3) is 2.30. The molecule has 0 amide bonds. The maximum absolute atomic E-state index is 14.1. The van der Waals surface area contributed by atoms with Gasteiger partial charge < -0.3 is 0 Å². The van der Waals surface area contributed by atoms with Gasteiger partial charge in [0.15, 0.2) is 5.65 Å². The predicted molar refractivity (Wildman–Crippen MR) is 86.1 cm³/mol. The van der Waals surface area contributed by atoms with E-state index in [1.807, 2.05) is 5.38 Å². The van der Waals surface area contributed by atoms with Crippen molar-refractivity contribution in [1.29, 1.82) is 0 Å². The highest BCUT2D eigenvalue weighted by Crippen LogP contribution is 2.25. The molecule has 118 valence electrons. The maximum Gasteiger partial charge on any atom is 0.208 e. The smallest absolute Gasteiger partial charge is 0.208 e. The van der Waals surface area contributed by atoms with Crippen LogP contribution in [0.25, 0.3) is 16.9 Å². The van der Waals surface area contributed by atoms with E-state index < -0.39 is 11.6 Å². The zero-order valence-corrected chi connectivity index (χ0v) is 12.9. The summed E-state index contributed by atoms with van der Waals surface area (Å²) in [5, 5.41) is 5.98. The first-order chi connectivity index (χ1) is 11.6. The molecule has 0 spiro atoms. The Morgan fingerprint density at radius 1 is 1.17 bits per heavy atom. The number of nitrogens with zero attached hydrogens (tertiary/aromatic N) is 3. The molecule has 0 fully saturated rings. The van der Waals surface area contributed by atoms with Crippen molar-refractivity contribution in [3.8, 4) is 11.3 Å². The van der Waals surface area contributed by atoms with Crippen molar-refractivity contribution in [2.24, 2.45) is 0 Å². The van der Waals surface area contributed by atoms with E-state index in [0.29, 0.717) is 21.8 Å². The van der Waals surface area contributed by atoms with Gasteiger partial charge >= 0.3 is 0 Å². The summed E-state index contributed by atoms with van der Waals surface area (Å²) in [5.41, 5.74) is 1.24. The normalized spacial score (nSPS) is 11.1. The Morgan fingerprint density at radius 3 is 2.79 bits per heavy atom. The second kappa shape index (κ2) is 5.61. The third-order valence-corrected chi connectivity index (χ3v) is 4.47. The molecule has 0 bridgehead atoms. The van der Waals surface area contributed by atoms with E-state index in [2.05, 4.69) is 10.1 Å². The van der Waals surface area contributed by atoms with Crippen LogP contribution in [0, 0.1) is 11.6 Å². The molecule has 4 rings (SSSR count). The van der Waals surface area contributed by atoms with E-state index in [9.17, 15) is 13.6 Å². The van der Waals surface area contributed by atoms with Gasteiger partial charge in [0, 0.05) is 17.8 Å². The van der Waals surface area contributed by atoms with Crippen LogP contribution in [0.15, 0.2) is 54.2 Å². The molecule has 0 saturated carbocycles. The van der Waals surface area contributed by atoms with Gasteiger partial charge in [0.25, 0.3) is 0 Å². The molecule has 0 aliphatic rings. The van der Waals surface area contributed by atoms with Crippen LogP contribution in [0.2, 0.25) is 0 Å². The van der Waals surface area contributed by atoms with E-state index in [1.165, 1.54) is 40.4 Å². The van der Waals surface area contributed by atoms with Gasteiger partial charge in [-0.25, -0.2) is 18.3 Å². The summed E-state index contributed by atoms with van der Waals surface area (Å²) in [5.74, 6) is -1.55. The molecule has 1 aromatic carbocycles. The number of carbonyl (C=O) groups excluding carboxylic acids is 1. The number of fused-ring (bicyclic) bond motifs is 1. The van der Waals surface area contributed by atoms with Crippen molar-refractivity contribution in [2.75, 3.05) is 0 Å². The number of rotatable bonds is 3. The summed E-state index contributed by atoms with van der Waals surface area (Å²) in [6.45, 7) is 0. The topological polar surface area (TPSA) is 47.3 Å². The van der Waals surface area contributed by atoms with Gasteiger partial charge in [0.2, 0.25) is 5.78 Å². The molecular formula is C17H9F2N3OS. The quantitative estimate of drug-likeness (QED) is 0.530. The lowest BCUT2D eigenvalue weighted by Gasteiger charge is -2.06. The molecule has 0 aliphatic carbocycles. The van der Waals surface area contributed by atoms with Crippen molar-refractivity contribution in [3.63, 3.8) is 0 Å². The van der Waals surface area contributed by atoms with Crippen LogP contribution in [0.5, 0.6) is 0 Å². The highest BCUT2D eigenvalue weighted by atomic mass is 32.1. The number of ketones is 1. The fourth-order valence-electron chi connectivity index (χ4n) is 2.49. The number of benzene rings is 1. The van der Waals surface area contributed by atoms with E-state index in [0.717, 1.165) is 6.07 Å². The Kier molecular flexibility index (Phi) is 3.42. The highest BCUT2D eigenvalue weighted by molar-refractivity contribution is 7.12. The molecule has 3 aromatic heterocycles. The van der Waals surface area contributed by atoms with E-state index in [1.54, 1.807) is 18.2 Å². The summed E-state index contributed by atoms with van der Waals surface area (Å²) >= 11 is 1.33. The Balaban J connectivity index is 1.90. The first-order valence-corrected chi connectivity index (χ1v) is 7.89. The Labute approximate surface area is 139 Å². The number of halogens is 2. The average molecular weight is 341 g/mol. The van der Waals surface area contributed by atoms with Crippen LogP contribution in [-0.4, -0.2) is 20.4 Å². The molecule has 0 N–H and O–H groups in total. The highest BCUT2D eigenvalue weighted by Gasteiger charge is 2.19. The lowest BCUT2D eigenvalue weighted by molar-refractivity contribution is 0.104. The lowest BCUT2D eigenvalue weighted by atomic mass is 10.1. The van der Waals surface area contributed by atoms with Crippen molar-refractivity contribution < 1.29 is 13.6 Å². The summed E-state index contributed by atoms with van der Waals surface area (Å²) in [6.07, 6.45) is 2.88. The van der Waals surface area contributed by atoms with Gasteiger partial charge in [-0.2, -0.15) is 5.10 Å². The first kappa shape index (κ1) is 14.6. The molecule has 4 nitrogen and oxygen atoms in total. The fraction of sp³-hybridized carbons (Fsp3) is 0. The van der Waals surface area contributed by atoms with Crippen LogP contribution in [-0.2, 0) is 0 Å². The van der Waals surface area contributed by atoms with Gasteiger partial charge in [-0.15, -0.1) is 11.3 Å². The zero-order chi connectivity index (χ0) is 16.7. The maximum atomic E-state index is 14.1. The number of thiophene rings is 1. The minimum atomic E-state index is -0.705. The summed E-state index contributed by atoms with van der Waals surface area (Å²) in [4.78, 5) is 17.3. The number of aromatic nitrogens is 3. The SMILES string of the molecule is O=C(c1cccs1)c1cnn2c(-c3ccc(F)cc3F)ccnc12. The van der Waals surface area contributed by atoms with Crippen LogP contribution < -0.4 is 0 Å². The zero-order valence-electron chi connectivity index (χ0n) is 12.1. The van der Waals surface area contributed by atoms with Crippen molar-refractivity contribution in [1.82, 2.24) is 14.6 Å². The third-order valence-electron chi connectivity index (χ3n) is 3.60. The molecule has 0 saturated heterocycles. The van der Waals surface area contributed by atoms with Crippen molar-refractivity contribution >= 4 is 22.8 Å². The first-order valence-electron chi connectivity index (χ1n) is 7.01. The van der Waals surface area contributed by atoms with E-state index >= 15 is 0 Å². The number of hydrogen-bond acceptors (Lipinski definition) is 4. The number of carbonyl (C=O) groups is 1. The molecule has 0 aliphatic heterocycles. The van der Waals surface area contributed by atoms with Gasteiger partial charge in [-0.05, 0) is 29.6 Å². The monoisotopic (exact) mass is 341 g/mol. The molecule has 0 unspecified atom stereocenters. The predicted octanol–water partition coefficient (Wildman–Crippen LogP) is 3.97. The molecule has 0 radical (unpaired) electrons. The second-order valence-corrected chi connectivity index (χ2v) is 6.00. The van der Waals surface area contributed by atoms with Crippen molar-refractivity contribution in [3.05, 3.63) is 76.2 Å². The van der Waals surface area contributed by atoms with Crippen molar-refractivity contribution in [2.45, 2.75) is 0 Å². The minimum Gasteiger partial charge on any atom is -0.287 e. The number of hydrogen-bond donors (Lipinski definition) is 0. The molecule has 4 aromatic rings. The van der Waals surface area contributed by atoms with E-state index in [4.69, 9.17) is 0 Å². The Bertz CT molecular complexity index is 1060. The second-order valence-electron chi connectivity index (χ2n) is 5.05. The van der Waals surface area contributed by atoms with E-state index in [-0.39, 0.29) is 11.3 Å². The van der Waals surface area contributed by atoms with Gasteiger partial charge in [0.05, 0.1) is 22.3 Å². The van der Waals surface area contributed by atoms with Gasteiger partial charge in [-0.1, -0.05) is 6.07 Å². The lowest BCUT2D eigenvalue weighted by Crippen LogP contribution is -2.01. The van der Waals surface area contributed by atoms with Crippen LogP contribution in [0.1, 0.15) is 15.2 Å². The Morgan fingerprint density at radius 2 is 2.04 bits per heavy atom. The van der Waals surface area contributed by atoms with Gasteiger partial charge in [-0.3, -0.25) is 4.79 Å². The van der Waals surface area contributed by atoms with Crippen LogP contribution in [0.3, 0.4) is 0 Å².